The number of furan rings is 1. The fourth-order valence-electron chi connectivity index (χ4n) is 4.97. The molecule has 1 unspecified atom stereocenters. The summed E-state index contributed by atoms with van der Waals surface area (Å²) in [5.74, 6) is 1.01. The van der Waals surface area contributed by atoms with Gasteiger partial charge in [0.25, 0.3) is 5.91 Å². The molecule has 9 heteroatoms. The fourth-order valence-corrected chi connectivity index (χ4v) is 4.97. The second-order valence-electron chi connectivity index (χ2n) is 9.19. The van der Waals surface area contributed by atoms with Gasteiger partial charge in [0, 0.05) is 42.4 Å². The van der Waals surface area contributed by atoms with Crippen LogP contribution in [0, 0.1) is 6.92 Å². The molecule has 9 nitrogen and oxygen atoms in total. The van der Waals surface area contributed by atoms with Gasteiger partial charge in [-0.3, -0.25) is 14.4 Å². The summed E-state index contributed by atoms with van der Waals surface area (Å²) in [6.07, 6.45) is 0.619. The first-order valence-corrected chi connectivity index (χ1v) is 12.3. The normalized spacial score (nSPS) is 14.7. The highest BCUT2D eigenvalue weighted by Crippen LogP contribution is 2.41. The summed E-state index contributed by atoms with van der Waals surface area (Å²) in [6, 6.07) is 13.9. The number of esters is 2. The van der Waals surface area contributed by atoms with Crippen LogP contribution in [0.5, 0.6) is 11.5 Å². The van der Waals surface area contributed by atoms with E-state index in [1.165, 1.54) is 13.8 Å². The molecule has 0 fully saturated rings. The number of nitrogens with one attached hydrogen (secondary N) is 1. The lowest BCUT2D eigenvalue weighted by molar-refractivity contribution is -0.142. The topological polar surface area (TPSA) is 111 Å². The van der Waals surface area contributed by atoms with Gasteiger partial charge in [0.2, 0.25) is 0 Å². The molecule has 0 radical (unpaired) electrons. The highest BCUT2D eigenvalue weighted by Gasteiger charge is 2.37. The summed E-state index contributed by atoms with van der Waals surface area (Å²) >= 11 is 0. The number of ether oxygens (including phenoxy) is 3. The predicted molar refractivity (Wildman–Crippen MR) is 138 cm³/mol. The summed E-state index contributed by atoms with van der Waals surface area (Å²) in [5, 5.41) is 1.02. The van der Waals surface area contributed by atoms with Crippen molar-refractivity contribution < 1.29 is 33.0 Å². The Labute approximate surface area is 219 Å². The van der Waals surface area contributed by atoms with E-state index in [-0.39, 0.29) is 12.5 Å². The minimum atomic E-state index is -0.562. The summed E-state index contributed by atoms with van der Waals surface area (Å²) in [4.78, 5) is 42.2. The van der Waals surface area contributed by atoms with Crippen LogP contribution >= 0.6 is 0 Å². The number of rotatable bonds is 6. The van der Waals surface area contributed by atoms with Gasteiger partial charge in [-0.15, -0.1) is 0 Å². The molecule has 1 atom stereocenters. The Balaban J connectivity index is 1.60. The highest BCUT2D eigenvalue weighted by atomic mass is 16.5. The average molecular weight is 517 g/mol. The summed E-state index contributed by atoms with van der Waals surface area (Å²) in [5.41, 5.74) is 3.86. The standard InChI is InChI=1S/C29H28N2O7/c1-16-21(6-5-7-25(16)37-18(3)33)29(34)31-13-12-22-23-14-19(35-4)8-10-24(23)30-27(22)28(31)26-11-9-20(38-26)15-36-17(2)32/h5-11,14,28,30H,12-13,15H2,1-4H3. The van der Waals surface area contributed by atoms with Gasteiger partial charge in [0.15, 0.2) is 0 Å². The number of methoxy groups -OCH3 is 1. The number of hydrogen-bond donors (Lipinski definition) is 1. The van der Waals surface area contributed by atoms with Crippen LogP contribution in [0.1, 0.15) is 58.6 Å². The third-order valence-electron chi connectivity index (χ3n) is 6.73. The Morgan fingerprint density at radius 3 is 2.63 bits per heavy atom. The van der Waals surface area contributed by atoms with Crippen molar-refractivity contribution in [3.05, 3.63) is 82.4 Å². The van der Waals surface area contributed by atoms with E-state index in [1.54, 1.807) is 49.3 Å². The van der Waals surface area contributed by atoms with Gasteiger partial charge in [-0.2, -0.15) is 0 Å². The molecule has 4 aromatic rings. The van der Waals surface area contributed by atoms with Gasteiger partial charge in [-0.25, -0.2) is 0 Å². The molecule has 0 spiro atoms. The Hall–Kier alpha value is -4.53. The van der Waals surface area contributed by atoms with Crippen molar-refractivity contribution in [2.75, 3.05) is 13.7 Å². The highest BCUT2D eigenvalue weighted by molar-refractivity contribution is 5.97. The first-order chi connectivity index (χ1) is 18.3. The van der Waals surface area contributed by atoms with Crippen molar-refractivity contribution in [2.45, 2.75) is 39.8 Å². The van der Waals surface area contributed by atoms with Gasteiger partial charge in [0.05, 0.1) is 12.8 Å². The Morgan fingerprint density at radius 1 is 1.08 bits per heavy atom. The number of aromatic nitrogens is 1. The van der Waals surface area contributed by atoms with Crippen LogP contribution in [0.15, 0.2) is 52.9 Å². The zero-order valence-electron chi connectivity index (χ0n) is 21.6. The molecule has 3 heterocycles. The molecule has 0 bridgehead atoms. The third-order valence-corrected chi connectivity index (χ3v) is 6.73. The quantitative estimate of drug-likeness (QED) is 0.288. The SMILES string of the molecule is COc1ccc2[nH]c3c(c2c1)CCN(C(=O)c1cccc(OC(C)=O)c1C)C3c1ccc(COC(C)=O)o1. The molecule has 1 amide bonds. The van der Waals surface area contributed by atoms with Crippen LogP contribution < -0.4 is 9.47 Å². The van der Waals surface area contributed by atoms with E-state index in [0.29, 0.717) is 41.4 Å². The Morgan fingerprint density at radius 2 is 1.89 bits per heavy atom. The molecule has 2 aromatic carbocycles. The van der Waals surface area contributed by atoms with Crippen molar-refractivity contribution in [1.82, 2.24) is 9.88 Å². The fraction of sp³-hybridized carbons (Fsp3) is 0.276. The first kappa shape index (κ1) is 25.1. The van der Waals surface area contributed by atoms with Crippen LogP contribution in [0.2, 0.25) is 0 Å². The van der Waals surface area contributed by atoms with E-state index >= 15 is 0 Å². The van der Waals surface area contributed by atoms with Crippen molar-refractivity contribution in [2.24, 2.45) is 0 Å². The van der Waals surface area contributed by atoms with Crippen LogP contribution in [0.4, 0.5) is 0 Å². The third kappa shape index (κ3) is 4.63. The van der Waals surface area contributed by atoms with Crippen molar-refractivity contribution >= 4 is 28.7 Å². The second kappa shape index (κ2) is 10.1. The number of amides is 1. The van der Waals surface area contributed by atoms with Crippen LogP contribution in [-0.4, -0.2) is 41.4 Å². The maximum Gasteiger partial charge on any atom is 0.308 e. The van der Waals surface area contributed by atoms with Crippen molar-refractivity contribution in [1.29, 1.82) is 0 Å². The number of nitrogens with zero attached hydrogens (tertiary/aromatic N) is 1. The van der Waals surface area contributed by atoms with E-state index in [4.69, 9.17) is 18.6 Å². The smallest absolute Gasteiger partial charge is 0.308 e. The van der Waals surface area contributed by atoms with Gasteiger partial charge < -0.3 is 28.5 Å². The Bertz CT molecular complexity index is 1550. The number of H-pyrrole nitrogens is 1. The zero-order chi connectivity index (χ0) is 27.0. The second-order valence-corrected chi connectivity index (χ2v) is 9.19. The summed E-state index contributed by atoms with van der Waals surface area (Å²) in [7, 11) is 1.63. The molecule has 1 aliphatic heterocycles. The molecule has 5 rings (SSSR count). The van der Waals surface area contributed by atoms with Crippen molar-refractivity contribution in [3.8, 4) is 11.5 Å². The molecule has 1 N–H and O–H groups in total. The lowest BCUT2D eigenvalue weighted by Gasteiger charge is -2.35. The zero-order valence-corrected chi connectivity index (χ0v) is 21.6. The van der Waals surface area contributed by atoms with E-state index in [9.17, 15) is 14.4 Å². The number of hydrogen-bond acceptors (Lipinski definition) is 7. The van der Waals surface area contributed by atoms with Crippen LogP contribution in [0.3, 0.4) is 0 Å². The molecular weight excluding hydrogens is 488 g/mol. The van der Waals surface area contributed by atoms with Crippen LogP contribution in [-0.2, 0) is 27.4 Å². The van der Waals surface area contributed by atoms with Gasteiger partial charge in [0.1, 0.15) is 35.7 Å². The van der Waals surface area contributed by atoms with E-state index < -0.39 is 18.0 Å². The van der Waals surface area contributed by atoms with Gasteiger partial charge in [-0.1, -0.05) is 6.07 Å². The maximum absolute atomic E-state index is 14.0. The van der Waals surface area contributed by atoms with Gasteiger partial charge >= 0.3 is 11.9 Å². The summed E-state index contributed by atoms with van der Waals surface area (Å²) in [6.45, 7) is 4.84. The maximum atomic E-state index is 14.0. The van der Waals surface area contributed by atoms with Crippen LogP contribution in [0.25, 0.3) is 10.9 Å². The lowest BCUT2D eigenvalue weighted by Crippen LogP contribution is -2.40. The van der Waals surface area contributed by atoms with E-state index in [1.807, 2.05) is 18.2 Å². The number of carbonyl (C=O) groups excluding carboxylic acids is 3. The molecular formula is C29H28N2O7. The van der Waals surface area contributed by atoms with Gasteiger partial charge in [-0.05, 0) is 61.4 Å². The summed E-state index contributed by atoms with van der Waals surface area (Å²) < 4.78 is 22.0. The van der Waals surface area contributed by atoms with E-state index in [0.717, 1.165) is 27.9 Å². The Kier molecular flexibility index (Phi) is 6.67. The largest absolute Gasteiger partial charge is 0.497 e. The number of carbonyl (C=O) groups is 3. The average Bonchev–Trinajstić information content (AvgIpc) is 3.51. The molecule has 0 aliphatic carbocycles. The predicted octanol–water partition coefficient (Wildman–Crippen LogP) is 4.85. The number of fused-ring (bicyclic) bond motifs is 3. The molecule has 38 heavy (non-hydrogen) atoms. The monoisotopic (exact) mass is 516 g/mol. The first-order valence-electron chi connectivity index (χ1n) is 12.3. The minimum absolute atomic E-state index is 0.00367. The molecule has 0 saturated carbocycles. The lowest BCUT2D eigenvalue weighted by atomic mass is 9.94. The molecule has 1 aliphatic rings. The molecule has 196 valence electrons. The minimum Gasteiger partial charge on any atom is -0.497 e. The molecule has 2 aromatic heterocycles. The molecule has 0 saturated heterocycles. The van der Waals surface area contributed by atoms with Crippen molar-refractivity contribution in [3.63, 3.8) is 0 Å². The number of benzene rings is 2. The number of aromatic amines is 1. The van der Waals surface area contributed by atoms with E-state index in [2.05, 4.69) is 4.98 Å².